The predicted molar refractivity (Wildman–Crippen MR) is 101 cm³/mol. The Labute approximate surface area is 167 Å². The first-order chi connectivity index (χ1) is 10.7. The molecule has 23 heavy (non-hydrogen) atoms. The van der Waals surface area contributed by atoms with Gasteiger partial charge in [0.25, 0.3) is 0 Å². The van der Waals surface area contributed by atoms with E-state index in [0.717, 1.165) is 6.42 Å². The molecule has 0 radical (unpaired) electrons. The zero-order valence-corrected chi connectivity index (χ0v) is 19.6. The van der Waals surface area contributed by atoms with Crippen molar-refractivity contribution in [1.29, 1.82) is 0 Å². The van der Waals surface area contributed by atoms with E-state index in [1.165, 1.54) is 11.1 Å². The van der Waals surface area contributed by atoms with Crippen molar-refractivity contribution in [2.75, 3.05) is 0 Å². The first-order valence-electron chi connectivity index (χ1n) is 8.03. The summed E-state index contributed by atoms with van der Waals surface area (Å²) in [5, 5.41) is 0. The van der Waals surface area contributed by atoms with Crippen LogP contribution in [-0.4, -0.2) is 9.77 Å². The number of halogens is 2. The second-order valence-electron chi connectivity index (χ2n) is 6.48. The molecular formula is C19H26Cl2SiZr. The van der Waals surface area contributed by atoms with Gasteiger partial charge < -0.3 is 0 Å². The minimum atomic E-state index is -0.615. The van der Waals surface area contributed by atoms with Crippen LogP contribution in [0.4, 0.5) is 0 Å². The molecule has 3 unspecified atom stereocenters. The first kappa shape index (κ1) is 21.6. The number of hydrogen-bond acceptors (Lipinski definition) is 0. The van der Waals surface area contributed by atoms with Crippen LogP contribution in [0.15, 0.2) is 41.5 Å². The van der Waals surface area contributed by atoms with Crippen molar-refractivity contribution >= 4 is 28.6 Å². The van der Waals surface area contributed by atoms with Gasteiger partial charge in [0, 0.05) is 0 Å². The molecule has 3 atom stereocenters. The van der Waals surface area contributed by atoms with Crippen LogP contribution in [0.1, 0.15) is 27.2 Å². The first-order valence-corrected chi connectivity index (χ1v) is 15.0. The Morgan fingerprint density at radius 1 is 1.35 bits per heavy atom. The van der Waals surface area contributed by atoms with Crippen LogP contribution in [0.5, 0.6) is 0 Å². The SMILES string of the molecule is CC1=[C-]CC=C1.CC1C=CC=C2[CH-]C(C)C(Cl)(Cl)C21.C[Si](C)=[Zr+2]. The van der Waals surface area contributed by atoms with Crippen LogP contribution < -0.4 is 0 Å². The van der Waals surface area contributed by atoms with Gasteiger partial charge in [0.2, 0.25) is 0 Å². The number of fused-ring (bicyclic) bond motifs is 1. The van der Waals surface area contributed by atoms with Crippen LogP contribution in [0.25, 0.3) is 0 Å². The van der Waals surface area contributed by atoms with E-state index in [2.05, 4.69) is 76.7 Å². The summed E-state index contributed by atoms with van der Waals surface area (Å²) in [5.41, 5.74) is 2.78. The molecule has 0 saturated heterocycles. The fourth-order valence-corrected chi connectivity index (χ4v) is 3.57. The number of rotatable bonds is 0. The normalized spacial score (nSPS) is 29.2. The molecule has 1 fully saturated rings. The van der Waals surface area contributed by atoms with Crippen LogP contribution >= 0.6 is 23.2 Å². The van der Waals surface area contributed by atoms with Crippen molar-refractivity contribution in [3.63, 3.8) is 0 Å². The molecule has 3 aliphatic carbocycles. The Balaban J connectivity index is 0.000000220. The Morgan fingerprint density at radius 3 is 2.35 bits per heavy atom. The predicted octanol–water partition coefficient (Wildman–Crippen LogP) is 6.24. The average molecular weight is 445 g/mol. The van der Waals surface area contributed by atoms with Gasteiger partial charge in [0.15, 0.2) is 0 Å². The van der Waals surface area contributed by atoms with E-state index in [1.54, 1.807) is 23.3 Å². The third kappa shape index (κ3) is 6.73. The summed E-state index contributed by atoms with van der Waals surface area (Å²) in [7, 11) is 0. The van der Waals surface area contributed by atoms with Gasteiger partial charge in [-0.05, 0) is 11.8 Å². The van der Waals surface area contributed by atoms with E-state index in [0.29, 0.717) is 5.92 Å². The molecule has 124 valence electrons. The van der Waals surface area contributed by atoms with Gasteiger partial charge in [-0.2, -0.15) is 6.08 Å². The second-order valence-corrected chi connectivity index (χ2v) is 17.3. The van der Waals surface area contributed by atoms with Gasteiger partial charge in [-0.25, -0.2) is 29.7 Å². The number of alkyl halides is 2. The average Bonchev–Trinajstić information content (AvgIpc) is 2.97. The van der Waals surface area contributed by atoms with Crippen LogP contribution in [-0.2, 0) is 23.3 Å². The van der Waals surface area contributed by atoms with Crippen molar-refractivity contribution in [1.82, 2.24) is 0 Å². The summed E-state index contributed by atoms with van der Waals surface area (Å²) in [6, 6.07) is 0. The van der Waals surface area contributed by atoms with Gasteiger partial charge in [0.05, 0.1) is 0 Å². The number of hydrogen-bond donors (Lipinski definition) is 0. The van der Waals surface area contributed by atoms with E-state index in [-0.39, 0.29) is 17.3 Å². The van der Waals surface area contributed by atoms with Crippen molar-refractivity contribution < 1.29 is 23.3 Å². The fraction of sp³-hybridized carbons (Fsp3) is 0.526. The molecule has 0 N–H and O–H groups in total. The van der Waals surface area contributed by atoms with Gasteiger partial charge in [0.1, 0.15) is 4.33 Å². The van der Waals surface area contributed by atoms with Crippen molar-refractivity contribution in [2.45, 2.75) is 44.6 Å². The van der Waals surface area contributed by atoms with Gasteiger partial charge >= 0.3 is 41.9 Å². The molecule has 0 bridgehead atoms. The molecule has 3 rings (SSSR count). The third-order valence-electron chi connectivity index (χ3n) is 3.92. The van der Waals surface area contributed by atoms with E-state index in [1.807, 2.05) is 0 Å². The summed E-state index contributed by atoms with van der Waals surface area (Å²) in [6.07, 6.45) is 16.9. The molecule has 0 spiro atoms. The monoisotopic (exact) mass is 442 g/mol. The van der Waals surface area contributed by atoms with Crippen molar-refractivity contribution in [3.8, 4) is 0 Å². The molecule has 0 heterocycles. The summed E-state index contributed by atoms with van der Waals surface area (Å²) < 4.78 is -0.615. The van der Waals surface area contributed by atoms with E-state index in [4.69, 9.17) is 23.2 Å². The van der Waals surface area contributed by atoms with Gasteiger partial charge in [-0.1, -0.05) is 32.8 Å². The fourth-order valence-electron chi connectivity index (χ4n) is 2.79. The van der Waals surface area contributed by atoms with Crippen LogP contribution in [0, 0.1) is 30.3 Å². The molecule has 0 nitrogen and oxygen atoms in total. The van der Waals surface area contributed by atoms with Crippen molar-refractivity contribution in [2.24, 2.45) is 17.8 Å². The third-order valence-corrected chi connectivity index (χ3v) is 5.08. The van der Waals surface area contributed by atoms with E-state index in [9.17, 15) is 0 Å². The standard InChI is InChI=1S/C11H13Cl2.C6H7.C2H6Si.Zr/c1-7-4-3-5-9-6-8(2)11(12,13)10(7)9;1-6-4-2-3-5-6;1-3-2;/h3-8,10H,1-2H3;2,4H,3H2,1H3;1-2H3;/q2*-1;;+2. The molecule has 0 aromatic heterocycles. The Bertz CT molecular complexity index is 537. The zero-order chi connectivity index (χ0) is 17.6. The summed E-state index contributed by atoms with van der Waals surface area (Å²) >= 11 is 14.4. The Morgan fingerprint density at radius 2 is 1.96 bits per heavy atom. The topological polar surface area (TPSA) is 0 Å². The molecule has 3 aliphatic rings. The van der Waals surface area contributed by atoms with Crippen LogP contribution in [0.3, 0.4) is 0 Å². The molecule has 0 aliphatic heterocycles. The maximum atomic E-state index is 6.35. The maximum absolute atomic E-state index is 6.35. The molecular weight excluding hydrogens is 418 g/mol. The Kier molecular flexibility index (Phi) is 9.23. The Hall–Kier alpha value is 0.510. The second kappa shape index (κ2) is 9.85. The van der Waals surface area contributed by atoms with Gasteiger partial charge in [-0.3, -0.25) is 6.08 Å². The van der Waals surface area contributed by atoms with Gasteiger partial charge in [-0.15, -0.1) is 35.7 Å². The summed E-state index contributed by atoms with van der Waals surface area (Å²) in [5.74, 6) is 0.960. The molecule has 0 aromatic carbocycles. The summed E-state index contributed by atoms with van der Waals surface area (Å²) in [4.78, 5) is 0. The summed E-state index contributed by atoms with van der Waals surface area (Å²) in [6.45, 7) is 10.9. The quantitative estimate of drug-likeness (QED) is 0.236. The van der Waals surface area contributed by atoms with Crippen molar-refractivity contribution in [3.05, 3.63) is 54.0 Å². The molecule has 0 aromatic rings. The zero-order valence-electron chi connectivity index (χ0n) is 14.7. The van der Waals surface area contributed by atoms with E-state index < -0.39 is 4.33 Å². The molecule has 4 heteroatoms. The van der Waals surface area contributed by atoms with E-state index >= 15 is 0 Å². The molecule has 0 amide bonds. The minimum absolute atomic E-state index is 0.210. The van der Waals surface area contributed by atoms with Crippen LogP contribution in [0.2, 0.25) is 13.1 Å². The number of allylic oxidation sites excluding steroid dienone is 8. The molecule has 1 saturated carbocycles.